The van der Waals surface area contributed by atoms with E-state index >= 15 is 0 Å². The molecular formula is C27H31NO4. The van der Waals surface area contributed by atoms with Gasteiger partial charge in [-0.3, -0.25) is 9.59 Å². The molecule has 5 atom stereocenters. The first-order valence-corrected chi connectivity index (χ1v) is 11.4. The van der Waals surface area contributed by atoms with E-state index in [1.165, 1.54) is 30.3 Å². The summed E-state index contributed by atoms with van der Waals surface area (Å²) >= 11 is 0. The number of carbonyl (C=O) groups is 1. The Morgan fingerprint density at radius 3 is 2.56 bits per heavy atom. The third-order valence-electron chi connectivity index (χ3n) is 7.31. The molecule has 1 fully saturated rings. The molecule has 1 saturated carbocycles. The van der Waals surface area contributed by atoms with Crippen LogP contribution in [0.5, 0.6) is 11.5 Å². The Morgan fingerprint density at radius 2 is 1.88 bits per heavy atom. The van der Waals surface area contributed by atoms with Crippen molar-refractivity contribution in [3.8, 4) is 22.6 Å². The molecule has 2 aromatic rings. The van der Waals surface area contributed by atoms with Crippen molar-refractivity contribution in [2.45, 2.75) is 40.0 Å². The standard InChI is InChI=1S/C27H31NO4/c1-4-5-20-21-12-15(2)6-11-19(21)16(3)13-22(20)25(30)24-26(31)23(14-28-27(24)32)17-7-9-18(29)10-8-17/h4-5,7-10,13-15,19-22,29H,6,11-12H2,1-3H3,(H2,28,31,32)/b5-4+/t15-,19?,20+,21?,22?/m0/s1. The van der Waals surface area contributed by atoms with Crippen LogP contribution < -0.4 is 5.56 Å². The van der Waals surface area contributed by atoms with Crippen molar-refractivity contribution in [1.29, 1.82) is 0 Å². The van der Waals surface area contributed by atoms with Crippen LogP contribution in [0.3, 0.4) is 0 Å². The summed E-state index contributed by atoms with van der Waals surface area (Å²) in [5.74, 6) is 0.391. The highest BCUT2D eigenvalue weighted by molar-refractivity contribution is 6.03. The van der Waals surface area contributed by atoms with Gasteiger partial charge in [0, 0.05) is 17.7 Å². The fraction of sp³-hybridized carbons (Fsp3) is 0.407. The minimum Gasteiger partial charge on any atom is -0.508 e. The van der Waals surface area contributed by atoms with E-state index < -0.39 is 11.5 Å². The number of aromatic hydroxyl groups is 2. The van der Waals surface area contributed by atoms with Gasteiger partial charge in [-0.05, 0) is 68.1 Å². The number of rotatable bonds is 4. The molecule has 0 amide bonds. The Kier molecular flexibility index (Phi) is 6.09. The maximum atomic E-state index is 13.8. The van der Waals surface area contributed by atoms with Crippen LogP contribution in [0.1, 0.15) is 50.4 Å². The molecule has 5 heteroatoms. The van der Waals surface area contributed by atoms with Gasteiger partial charge in [0.15, 0.2) is 5.78 Å². The number of phenols is 1. The SMILES string of the molecule is C/C=C/[C@H]1C(C(=O)c2c(O)c(-c3ccc(O)cc3)c[nH]c2=O)C=C(C)C2CC[C@H](C)CC21. The molecule has 168 valence electrons. The first-order valence-electron chi connectivity index (χ1n) is 11.4. The lowest BCUT2D eigenvalue weighted by Gasteiger charge is -2.45. The van der Waals surface area contributed by atoms with Crippen LogP contribution >= 0.6 is 0 Å². The maximum absolute atomic E-state index is 13.8. The molecule has 1 aromatic heterocycles. The van der Waals surface area contributed by atoms with E-state index in [4.69, 9.17) is 0 Å². The fourth-order valence-corrected chi connectivity index (χ4v) is 5.71. The van der Waals surface area contributed by atoms with Gasteiger partial charge in [-0.25, -0.2) is 0 Å². The maximum Gasteiger partial charge on any atom is 0.262 e. The minimum atomic E-state index is -0.584. The van der Waals surface area contributed by atoms with E-state index in [0.29, 0.717) is 28.9 Å². The molecule has 0 bridgehead atoms. The number of ketones is 1. The summed E-state index contributed by atoms with van der Waals surface area (Å²) in [6, 6.07) is 6.28. The monoisotopic (exact) mass is 433 g/mol. The van der Waals surface area contributed by atoms with Crippen LogP contribution in [0, 0.1) is 29.6 Å². The second-order valence-electron chi connectivity index (χ2n) is 9.39. The number of phenolic OH excluding ortho intramolecular Hbond substituents is 1. The summed E-state index contributed by atoms with van der Waals surface area (Å²) in [4.78, 5) is 29.1. The highest BCUT2D eigenvalue weighted by atomic mass is 16.3. The normalized spacial score (nSPS) is 27.7. The number of Topliss-reactive ketones (excluding diaryl/α,β-unsaturated/α-hetero) is 1. The molecule has 32 heavy (non-hydrogen) atoms. The molecule has 5 nitrogen and oxygen atoms in total. The predicted octanol–water partition coefficient (Wildman–Crippen LogP) is 5.46. The molecular weight excluding hydrogens is 402 g/mol. The smallest absolute Gasteiger partial charge is 0.262 e. The average molecular weight is 434 g/mol. The first-order chi connectivity index (χ1) is 15.3. The predicted molar refractivity (Wildman–Crippen MR) is 126 cm³/mol. The van der Waals surface area contributed by atoms with E-state index in [1.54, 1.807) is 12.1 Å². The van der Waals surface area contributed by atoms with E-state index in [0.717, 1.165) is 12.8 Å². The number of nitrogens with one attached hydrogen (secondary N) is 1. The number of carbonyl (C=O) groups excluding carboxylic acids is 1. The third kappa shape index (κ3) is 3.92. The first kappa shape index (κ1) is 22.1. The zero-order chi connectivity index (χ0) is 23.0. The summed E-state index contributed by atoms with van der Waals surface area (Å²) in [6.45, 7) is 6.32. The van der Waals surface area contributed by atoms with Crippen molar-refractivity contribution < 1.29 is 15.0 Å². The van der Waals surface area contributed by atoms with Crippen molar-refractivity contribution >= 4 is 5.78 Å². The molecule has 0 saturated heterocycles. The van der Waals surface area contributed by atoms with E-state index in [2.05, 4.69) is 24.9 Å². The van der Waals surface area contributed by atoms with Crippen LogP contribution in [0.15, 0.2) is 59.1 Å². The van der Waals surface area contributed by atoms with Gasteiger partial charge in [-0.2, -0.15) is 0 Å². The Hall–Kier alpha value is -3.08. The largest absolute Gasteiger partial charge is 0.508 e. The van der Waals surface area contributed by atoms with Crippen molar-refractivity contribution in [2.24, 2.45) is 29.6 Å². The van der Waals surface area contributed by atoms with Crippen LogP contribution in [0.25, 0.3) is 11.1 Å². The summed E-state index contributed by atoms with van der Waals surface area (Å²) in [5, 5.41) is 20.6. The van der Waals surface area contributed by atoms with Crippen molar-refractivity contribution in [1.82, 2.24) is 4.98 Å². The Balaban J connectivity index is 1.79. The van der Waals surface area contributed by atoms with Gasteiger partial charge < -0.3 is 15.2 Å². The van der Waals surface area contributed by atoms with Crippen LogP contribution in [0.4, 0.5) is 0 Å². The lowest BCUT2D eigenvalue weighted by Crippen LogP contribution is -2.40. The minimum absolute atomic E-state index is 0.0000727. The van der Waals surface area contributed by atoms with Crippen LogP contribution in [0.2, 0.25) is 0 Å². The fourth-order valence-electron chi connectivity index (χ4n) is 5.71. The second-order valence-corrected chi connectivity index (χ2v) is 9.39. The van der Waals surface area contributed by atoms with E-state index in [-0.39, 0.29) is 28.8 Å². The third-order valence-corrected chi connectivity index (χ3v) is 7.31. The van der Waals surface area contributed by atoms with E-state index in [1.807, 2.05) is 19.1 Å². The molecule has 1 aromatic carbocycles. The molecule has 0 radical (unpaired) electrons. The summed E-state index contributed by atoms with van der Waals surface area (Å²) in [7, 11) is 0. The van der Waals surface area contributed by atoms with Crippen molar-refractivity contribution in [3.05, 3.63) is 70.2 Å². The Morgan fingerprint density at radius 1 is 1.16 bits per heavy atom. The van der Waals surface area contributed by atoms with Gasteiger partial charge >= 0.3 is 0 Å². The van der Waals surface area contributed by atoms with Crippen molar-refractivity contribution in [2.75, 3.05) is 0 Å². The molecule has 3 unspecified atom stereocenters. The van der Waals surface area contributed by atoms with Gasteiger partial charge in [-0.15, -0.1) is 0 Å². The Labute approximate surface area is 188 Å². The Bertz CT molecular complexity index is 1130. The van der Waals surface area contributed by atoms with E-state index in [9.17, 15) is 19.8 Å². The van der Waals surface area contributed by atoms with Gasteiger partial charge in [0.25, 0.3) is 5.56 Å². The number of hydrogen-bond donors (Lipinski definition) is 3. The number of H-pyrrole nitrogens is 1. The van der Waals surface area contributed by atoms with Gasteiger partial charge in [-0.1, -0.05) is 49.3 Å². The second kappa shape index (κ2) is 8.81. The molecule has 2 aliphatic carbocycles. The number of aromatic nitrogens is 1. The highest BCUT2D eigenvalue weighted by Crippen LogP contribution is 2.49. The molecule has 0 spiro atoms. The van der Waals surface area contributed by atoms with Crippen LogP contribution in [-0.4, -0.2) is 21.0 Å². The molecule has 2 aliphatic rings. The summed E-state index contributed by atoms with van der Waals surface area (Å²) in [6.07, 6.45) is 10.9. The zero-order valence-electron chi connectivity index (χ0n) is 18.8. The summed E-state index contributed by atoms with van der Waals surface area (Å²) in [5.41, 5.74) is 1.40. The van der Waals surface area contributed by atoms with Crippen LogP contribution in [-0.2, 0) is 0 Å². The number of aromatic amines is 1. The number of allylic oxidation sites excluding steroid dienone is 4. The average Bonchev–Trinajstić information content (AvgIpc) is 2.76. The zero-order valence-corrected chi connectivity index (χ0v) is 18.8. The lowest BCUT2D eigenvalue weighted by molar-refractivity contribution is 0.0803. The molecule has 0 aliphatic heterocycles. The number of hydrogen-bond acceptors (Lipinski definition) is 4. The molecule has 1 heterocycles. The molecule has 3 N–H and O–H groups in total. The topological polar surface area (TPSA) is 90.4 Å². The number of pyridine rings is 1. The van der Waals surface area contributed by atoms with Gasteiger partial charge in [0.1, 0.15) is 17.1 Å². The van der Waals surface area contributed by atoms with Gasteiger partial charge in [0.05, 0.1) is 0 Å². The quantitative estimate of drug-likeness (QED) is 0.441. The van der Waals surface area contributed by atoms with Crippen molar-refractivity contribution in [3.63, 3.8) is 0 Å². The van der Waals surface area contributed by atoms with Gasteiger partial charge in [0.2, 0.25) is 0 Å². The lowest BCUT2D eigenvalue weighted by atomic mass is 9.59. The highest BCUT2D eigenvalue weighted by Gasteiger charge is 2.43. The molecule has 4 rings (SSSR count). The number of benzene rings is 1. The number of fused-ring (bicyclic) bond motifs is 1. The summed E-state index contributed by atoms with van der Waals surface area (Å²) < 4.78 is 0.